The number of aromatic nitrogens is 1. The second-order valence-electron chi connectivity index (χ2n) is 7.83. The molecular weight excluding hydrogens is 400 g/mol. The first-order chi connectivity index (χ1) is 14.4. The van der Waals surface area contributed by atoms with Crippen LogP contribution in [0.25, 0.3) is 10.9 Å². The minimum Gasteiger partial charge on any atom is -0.351 e. The van der Waals surface area contributed by atoms with Crippen LogP contribution < -0.4 is 5.32 Å². The van der Waals surface area contributed by atoms with Crippen LogP contribution in [0.5, 0.6) is 0 Å². The maximum atomic E-state index is 12.7. The molecule has 0 radical (unpaired) electrons. The van der Waals surface area contributed by atoms with Gasteiger partial charge in [0.25, 0.3) is 11.8 Å². The van der Waals surface area contributed by atoms with Gasteiger partial charge >= 0.3 is 0 Å². The lowest BCUT2D eigenvalue weighted by Gasteiger charge is -2.32. The fourth-order valence-corrected chi connectivity index (χ4v) is 3.87. The van der Waals surface area contributed by atoms with E-state index in [1.165, 1.54) is 0 Å². The smallest absolute Gasteiger partial charge is 0.268 e. The molecule has 156 valence electrons. The molecule has 6 nitrogen and oxygen atoms in total. The number of fused-ring (bicyclic) bond motifs is 1. The summed E-state index contributed by atoms with van der Waals surface area (Å²) in [5.41, 5.74) is 2.97. The first-order valence-corrected chi connectivity index (χ1v) is 10.5. The van der Waals surface area contributed by atoms with Gasteiger partial charge in [0, 0.05) is 47.7 Å². The Labute approximate surface area is 180 Å². The molecule has 1 aromatic heterocycles. The second kappa shape index (κ2) is 8.50. The van der Waals surface area contributed by atoms with E-state index >= 15 is 0 Å². The van der Waals surface area contributed by atoms with Gasteiger partial charge in [0.05, 0.1) is 6.04 Å². The minimum atomic E-state index is -0.194. The van der Waals surface area contributed by atoms with Gasteiger partial charge in [0.1, 0.15) is 5.69 Å². The van der Waals surface area contributed by atoms with Crippen LogP contribution in [0.1, 0.15) is 39.4 Å². The number of nitrogens with zero attached hydrogens (tertiary/aromatic N) is 2. The number of nitrogens with one attached hydrogen (secondary N) is 2. The van der Waals surface area contributed by atoms with E-state index < -0.39 is 0 Å². The standard InChI is InChI=1S/C23H25ClN4O2/c1-15(25-22(29)21-14-18-13-19(24)7-8-20(18)26-21)16-3-5-17(6-4-16)23(30)28-11-9-27(2)10-12-28/h3-8,13-15,26H,9-12H2,1-2H3,(H,25,29). The molecule has 4 rings (SSSR count). The zero-order valence-electron chi connectivity index (χ0n) is 17.1. The van der Waals surface area contributed by atoms with E-state index in [0.717, 1.165) is 42.6 Å². The number of likely N-dealkylation sites (N-methyl/N-ethyl adjacent to an activating group) is 1. The molecule has 2 N–H and O–H groups in total. The Hall–Kier alpha value is -2.83. The highest BCUT2D eigenvalue weighted by molar-refractivity contribution is 6.31. The van der Waals surface area contributed by atoms with E-state index in [2.05, 4.69) is 22.2 Å². The van der Waals surface area contributed by atoms with Crippen molar-refractivity contribution in [1.82, 2.24) is 20.1 Å². The van der Waals surface area contributed by atoms with Crippen molar-refractivity contribution >= 4 is 34.3 Å². The van der Waals surface area contributed by atoms with Crippen LogP contribution in [-0.2, 0) is 0 Å². The molecule has 2 heterocycles. The van der Waals surface area contributed by atoms with Gasteiger partial charge in [-0.3, -0.25) is 9.59 Å². The molecule has 0 aliphatic carbocycles. The molecule has 2 amide bonds. The Morgan fingerprint density at radius 1 is 1.03 bits per heavy atom. The molecule has 1 unspecified atom stereocenters. The molecule has 1 atom stereocenters. The highest BCUT2D eigenvalue weighted by Gasteiger charge is 2.21. The average Bonchev–Trinajstić information content (AvgIpc) is 3.17. The van der Waals surface area contributed by atoms with Crippen molar-refractivity contribution in [1.29, 1.82) is 0 Å². The number of hydrogen-bond donors (Lipinski definition) is 2. The second-order valence-corrected chi connectivity index (χ2v) is 8.26. The lowest BCUT2D eigenvalue weighted by atomic mass is 10.0. The van der Waals surface area contributed by atoms with E-state index in [0.29, 0.717) is 16.3 Å². The van der Waals surface area contributed by atoms with Crippen molar-refractivity contribution in [3.8, 4) is 0 Å². The van der Waals surface area contributed by atoms with Crippen molar-refractivity contribution in [2.24, 2.45) is 0 Å². The normalized spacial score (nSPS) is 15.9. The lowest BCUT2D eigenvalue weighted by molar-refractivity contribution is 0.0664. The van der Waals surface area contributed by atoms with Crippen LogP contribution in [0.3, 0.4) is 0 Å². The lowest BCUT2D eigenvalue weighted by Crippen LogP contribution is -2.47. The monoisotopic (exact) mass is 424 g/mol. The van der Waals surface area contributed by atoms with Gasteiger partial charge < -0.3 is 20.1 Å². The molecule has 30 heavy (non-hydrogen) atoms. The zero-order chi connectivity index (χ0) is 21.3. The number of carbonyl (C=O) groups excluding carboxylic acids is 2. The summed E-state index contributed by atoms with van der Waals surface area (Å²) in [4.78, 5) is 32.6. The van der Waals surface area contributed by atoms with Gasteiger partial charge in [-0.05, 0) is 55.9 Å². The molecule has 7 heteroatoms. The summed E-state index contributed by atoms with van der Waals surface area (Å²) < 4.78 is 0. The van der Waals surface area contributed by atoms with E-state index in [9.17, 15) is 9.59 Å². The minimum absolute atomic E-state index is 0.0584. The van der Waals surface area contributed by atoms with Gasteiger partial charge in [-0.1, -0.05) is 23.7 Å². The summed E-state index contributed by atoms with van der Waals surface area (Å²) >= 11 is 6.02. The van der Waals surface area contributed by atoms with Crippen molar-refractivity contribution in [3.63, 3.8) is 0 Å². The number of rotatable bonds is 4. The predicted octanol–water partition coefficient (Wildman–Crippen LogP) is 3.70. The van der Waals surface area contributed by atoms with Crippen LogP contribution >= 0.6 is 11.6 Å². The summed E-state index contributed by atoms with van der Waals surface area (Å²) in [5.74, 6) is -0.129. The summed E-state index contributed by atoms with van der Waals surface area (Å²) in [6.45, 7) is 5.22. The largest absolute Gasteiger partial charge is 0.351 e. The van der Waals surface area contributed by atoms with Crippen molar-refractivity contribution in [2.75, 3.05) is 33.2 Å². The van der Waals surface area contributed by atoms with Crippen LogP contribution in [0, 0.1) is 0 Å². The summed E-state index contributed by atoms with van der Waals surface area (Å²) in [6, 6.07) is 14.5. The van der Waals surface area contributed by atoms with E-state index in [1.807, 2.05) is 48.2 Å². The van der Waals surface area contributed by atoms with Gasteiger partial charge in [-0.25, -0.2) is 0 Å². The van der Waals surface area contributed by atoms with Crippen LogP contribution in [0.15, 0.2) is 48.5 Å². The number of benzene rings is 2. The third-order valence-electron chi connectivity index (χ3n) is 5.62. The molecule has 1 aliphatic heterocycles. The SMILES string of the molecule is CC(NC(=O)c1cc2cc(Cl)ccc2[nH]1)c1ccc(C(=O)N2CCN(C)CC2)cc1. The molecule has 1 saturated heterocycles. The zero-order valence-corrected chi connectivity index (χ0v) is 17.9. The van der Waals surface area contributed by atoms with Crippen molar-refractivity contribution < 1.29 is 9.59 Å². The average molecular weight is 425 g/mol. The number of halogens is 1. The van der Waals surface area contributed by atoms with Crippen LogP contribution in [-0.4, -0.2) is 59.8 Å². The molecule has 2 aromatic carbocycles. The van der Waals surface area contributed by atoms with E-state index in [1.54, 1.807) is 12.1 Å². The number of piperazine rings is 1. The number of aromatic amines is 1. The molecule has 0 spiro atoms. The Morgan fingerprint density at radius 2 is 1.73 bits per heavy atom. The third kappa shape index (κ3) is 4.35. The molecule has 1 aliphatic rings. The van der Waals surface area contributed by atoms with E-state index in [-0.39, 0.29) is 17.9 Å². The van der Waals surface area contributed by atoms with Gasteiger partial charge in [0.2, 0.25) is 0 Å². The first-order valence-electron chi connectivity index (χ1n) is 10.1. The van der Waals surface area contributed by atoms with Crippen LogP contribution in [0.4, 0.5) is 0 Å². The van der Waals surface area contributed by atoms with Crippen molar-refractivity contribution in [2.45, 2.75) is 13.0 Å². The highest BCUT2D eigenvalue weighted by atomic mass is 35.5. The topological polar surface area (TPSA) is 68.4 Å². The Morgan fingerprint density at radius 3 is 2.43 bits per heavy atom. The number of H-pyrrole nitrogens is 1. The Bertz CT molecular complexity index is 1070. The van der Waals surface area contributed by atoms with Gasteiger partial charge in [0.15, 0.2) is 0 Å². The van der Waals surface area contributed by atoms with Crippen molar-refractivity contribution in [3.05, 3.63) is 70.4 Å². The maximum absolute atomic E-state index is 12.7. The summed E-state index contributed by atoms with van der Waals surface area (Å²) in [5, 5.41) is 4.53. The Kier molecular flexibility index (Phi) is 5.79. The van der Waals surface area contributed by atoms with Gasteiger partial charge in [-0.2, -0.15) is 0 Å². The molecule has 3 aromatic rings. The first kappa shape index (κ1) is 20.4. The van der Waals surface area contributed by atoms with Gasteiger partial charge in [-0.15, -0.1) is 0 Å². The van der Waals surface area contributed by atoms with Crippen LogP contribution in [0.2, 0.25) is 5.02 Å². The molecular formula is C23H25ClN4O2. The number of hydrogen-bond acceptors (Lipinski definition) is 3. The Balaban J connectivity index is 1.41. The quantitative estimate of drug-likeness (QED) is 0.671. The molecule has 0 bridgehead atoms. The summed E-state index contributed by atoms with van der Waals surface area (Å²) in [6.07, 6.45) is 0. The third-order valence-corrected chi connectivity index (χ3v) is 5.86. The fraction of sp³-hybridized carbons (Fsp3) is 0.304. The molecule has 1 fully saturated rings. The predicted molar refractivity (Wildman–Crippen MR) is 119 cm³/mol. The number of amides is 2. The highest BCUT2D eigenvalue weighted by Crippen LogP contribution is 2.21. The van der Waals surface area contributed by atoms with E-state index in [4.69, 9.17) is 11.6 Å². The number of carbonyl (C=O) groups is 2. The fourth-order valence-electron chi connectivity index (χ4n) is 3.69. The maximum Gasteiger partial charge on any atom is 0.268 e. The summed E-state index contributed by atoms with van der Waals surface area (Å²) in [7, 11) is 2.07. The molecule has 0 saturated carbocycles.